The molecule has 0 aliphatic carbocycles. The molecule has 5 nitrogen and oxygen atoms in total. The van der Waals surface area contributed by atoms with E-state index in [0.717, 1.165) is 12.1 Å². The van der Waals surface area contributed by atoms with Crippen molar-refractivity contribution in [3.05, 3.63) is 17.2 Å². The van der Waals surface area contributed by atoms with E-state index in [0.29, 0.717) is 0 Å². The van der Waals surface area contributed by atoms with Gasteiger partial charge in [-0.2, -0.15) is 8.42 Å². The molecule has 3 N–H and O–H groups in total. The summed E-state index contributed by atoms with van der Waals surface area (Å²) < 4.78 is 29.9. The van der Waals surface area contributed by atoms with Crippen molar-refractivity contribution in [2.75, 3.05) is 5.73 Å². The molecule has 1 aromatic carbocycles. The fourth-order valence-corrected chi connectivity index (χ4v) is 1.78. The van der Waals surface area contributed by atoms with E-state index in [2.05, 4.69) is 0 Å². The third-order valence-corrected chi connectivity index (χ3v) is 2.80. The first-order valence-electron chi connectivity index (χ1n) is 3.06. The Morgan fingerprint density at radius 3 is 2.36 bits per heavy atom. The molecule has 14 heavy (non-hydrogen) atoms. The smallest absolute Gasteiger partial charge is 0.871 e. The van der Waals surface area contributed by atoms with E-state index >= 15 is 0 Å². The van der Waals surface area contributed by atoms with Crippen molar-refractivity contribution in [1.29, 1.82) is 0 Å². The summed E-state index contributed by atoms with van der Waals surface area (Å²) in [7, 11) is -4.42. The molecule has 0 heterocycles. The summed E-state index contributed by atoms with van der Waals surface area (Å²) in [5.41, 5.74) is 4.77. The Bertz CT molecular complexity index is 447. The van der Waals surface area contributed by atoms with E-state index in [4.69, 9.17) is 21.9 Å². The van der Waals surface area contributed by atoms with Gasteiger partial charge in [0.2, 0.25) is 0 Å². The Morgan fingerprint density at radius 1 is 1.43 bits per heavy atom. The number of anilines is 1. The minimum absolute atomic E-state index is 0. The second kappa shape index (κ2) is 4.42. The second-order valence-electron chi connectivity index (χ2n) is 2.26. The van der Waals surface area contributed by atoms with Gasteiger partial charge in [0.1, 0.15) is 4.90 Å². The van der Waals surface area contributed by atoms with E-state index in [1.54, 1.807) is 0 Å². The molecule has 0 bridgehead atoms. The number of nitrogens with two attached hydrogens (primary N) is 1. The Hall–Kier alpha value is -0.383. The van der Waals surface area contributed by atoms with E-state index in [-0.39, 0.29) is 18.9 Å². The fourth-order valence-electron chi connectivity index (χ4n) is 0.754. The van der Waals surface area contributed by atoms with Crippen LogP contribution in [-0.4, -0.2) is 13.0 Å². The predicted octanol–water partition coefficient (Wildman–Crippen LogP) is -2.75. The first-order chi connectivity index (χ1) is 5.84. The van der Waals surface area contributed by atoms with E-state index < -0.39 is 31.5 Å². The zero-order chi connectivity index (χ0) is 10.2. The van der Waals surface area contributed by atoms with E-state index in [1.165, 1.54) is 0 Å². The first-order valence-corrected chi connectivity index (χ1v) is 4.88. The predicted molar refractivity (Wildman–Crippen MR) is 45.1 cm³/mol. The number of nitrogen functional groups attached to an aromatic ring is 1. The van der Waals surface area contributed by atoms with Gasteiger partial charge in [-0.1, -0.05) is 23.4 Å². The molecule has 8 heteroatoms. The van der Waals surface area contributed by atoms with Crippen LogP contribution in [-0.2, 0) is 10.1 Å². The van der Waals surface area contributed by atoms with Crippen molar-refractivity contribution >= 4 is 27.4 Å². The van der Waals surface area contributed by atoms with Gasteiger partial charge in [0.25, 0.3) is 10.1 Å². The summed E-state index contributed by atoms with van der Waals surface area (Å²) in [6, 6.07) is 1.82. The largest absolute Gasteiger partial charge is 1.00 e. The minimum atomic E-state index is -4.42. The Kier molecular flexibility index (Phi) is 4.30. The summed E-state index contributed by atoms with van der Waals surface area (Å²) >= 11 is 5.42. The van der Waals surface area contributed by atoms with Crippen LogP contribution in [0.4, 0.5) is 5.69 Å². The number of benzene rings is 1. The molecule has 0 fully saturated rings. The van der Waals surface area contributed by atoms with Crippen LogP contribution in [0.1, 0.15) is 0 Å². The van der Waals surface area contributed by atoms with Gasteiger partial charge in [-0.15, -0.1) is 0 Å². The Labute approximate surface area is 97.8 Å². The van der Waals surface area contributed by atoms with Crippen LogP contribution in [0.25, 0.3) is 0 Å². The third kappa shape index (κ3) is 2.56. The fraction of sp³-hybridized carbons (Fsp3) is 0. The maximum Gasteiger partial charge on any atom is 1.00 e. The van der Waals surface area contributed by atoms with Gasteiger partial charge in [0.15, 0.2) is 0 Å². The van der Waals surface area contributed by atoms with Crippen LogP contribution in [0, 0.1) is 0 Å². The molecule has 0 aliphatic rings. The molecule has 0 aromatic heterocycles. The molecular weight excluding hydrogens is 225 g/mol. The molecule has 72 valence electrons. The molecule has 0 unspecified atom stereocenters. The van der Waals surface area contributed by atoms with Gasteiger partial charge >= 0.3 is 18.9 Å². The van der Waals surface area contributed by atoms with Gasteiger partial charge in [-0.05, 0) is 6.07 Å². The first kappa shape index (κ1) is 13.6. The Balaban J connectivity index is 0.00000169. The van der Waals surface area contributed by atoms with Crippen LogP contribution in [0.2, 0.25) is 5.02 Å². The Morgan fingerprint density at radius 2 is 1.93 bits per heavy atom. The third-order valence-electron chi connectivity index (χ3n) is 1.38. The van der Waals surface area contributed by atoms with Crippen molar-refractivity contribution in [2.24, 2.45) is 0 Å². The van der Waals surface area contributed by atoms with Crippen LogP contribution in [0.5, 0.6) is 5.75 Å². The maximum absolute atomic E-state index is 10.8. The average Bonchev–Trinajstić information content (AvgIpc) is 1.98. The standard InChI is InChI=1S/C6H6ClNO4S.Li/c7-5-4(13(10,11)12)2-1-3(9)6(5)8;/h1-2,9H,8H2,(H,10,11,12);/q;+1/p-1. The number of hydrogen-bond acceptors (Lipinski definition) is 4. The van der Waals surface area contributed by atoms with Crippen LogP contribution in [0.3, 0.4) is 0 Å². The number of rotatable bonds is 1. The number of halogens is 1. The second-order valence-corrected chi connectivity index (χ2v) is 4.03. The molecule has 1 aromatic rings. The zero-order valence-corrected chi connectivity index (χ0v) is 8.76. The molecule has 0 aliphatic heterocycles. The minimum Gasteiger partial charge on any atom is -0.871 e. The van der Waals surface area contributed by atoms with Crippen molar-refractivity contribution < 1.29 is 36.9 Å². The zero-order valence-electron chi connectivity index (χ0n) is 7.19. The molecular formula is C6H5ClLiNO4S. The quantitative estimate of drug-likeness (QED) is 0.309. The summed E-state index contributed by atoms with van der Waals surface area (Å²) in [4.78, 5) is -0.564. The van der Waals surface area contributed by atoms with Gasteiger partial charge in [0, 0.05) is 5.69 Å². The molecule has 0 saturated heterocycles. The maximum atomic E-state index is 10.8. The van der Waals surface area contributed by atoms with Crippen LogP contribution in [0.15, 0.2) is 17.0 Å². The molecule has 1 rings (SSSR count). The topological polar surface area (TPSA) is 103 Å². The van der Waals surface area contributed by atoms with Gasteiger partial charge in [0.05, 0.1) is 5.02 Å². The van der Waals surface area contributed by atoms with Crippen LogP contribution < -0.4 is 29.7 Å². The monoisotopic (exact) mass is 229 g/mol. The van der Waals surface area contributed by atoms with Crippen molar-refractivity contribution in [3.8, 4) is 5.75 Å². The molecule has 0 amide bonds. The molecule has 0 radical (unpaired) electrons. The summed E-state index contributed by atoms with van der Waals surface area (Å²) in [6.07, 6.45) is 0. The van der Waals surface area contributed by atoms with Gasteiger partial charge < -0.3 is 10.8 Å². The summed E-state index contributed by atoms with van der Waals surface area (Å²) in [6.45, 7) is 0. The molecule has 0 spiro atoms. The summed E-state index contributed by atoms with van der Waals surface area (Å²) in [5.74, 6) is -0.586. The SMILES string of the molecule is Nc1c([O-])ccc(S(=O)(=O)O)c1Cl.[Li+]. The van der Waals surface area contributed by atoms with Crippen molar-refractivity contribution in [3.63, 3.8) is 0 Å². The van der Waals surface area contributed by atoms with Crippen LogP contribution >= 0.6 is 11.6 Å². The van der Waals surface area contributed by atoms with E-state index in [1.807, 2.05) is 0 Å². The normalized spacial score (nSPS) is 10.7. The summed E-state index contributed by atoms with van der Waals surface area (Å²) in [5, 5.41) is 10.4. The van der Waals surface area contributed by atoms with Gasteiger partial charge in [-0.25, -0.2) is 0 Å². The van der Waals surface area contributed by atoms with Crippen molar-refractivity contribution in [1.82, 2.24) is 0 Å². The van der Waals surface area contributed by atoms with Gasteiger partial charge in [-0.3, -0.25) is 4.55 Å². The molecule has 0 saturated carbocycles. The molecule has 0 atom stereocenters. The van der Waals surface area contributed by atoms with E-state index in [9.17, 15) is 13.5 Å². The number of hydrogen-bond donors (Lipinski definition) is 2. The average molecular weight is 230 g/mol. The van der Waals surface area contributed by atoms with Crippen molar-refractivity contribution in [2.45, 2.75) is 4.90 Å².